The van der Waals surface area contributed by atoms with E-state index in [2.05, 4.69) is 36.5 Å². The fraction of sp³-hybridized carbons (Fsp3) is 0.462. The molecule has 0 radical (unpaired) electrons. The number of thioether (sulfide) groups is 1. The molecule has 0 amide bonds. The Hall–Kier alpha value is -1.00. The summed E-state index contributed by atoms with van der Waals surface area (Å²) in [5, 5.41) is 3.12. The van der Waals surface area contributed by atoms with E-state index in [9.17, 15) is 4.79 Å². The molecule has 0 spiro atoms. The summed E-state index contributed by atoms with van der Waals surface area (Å²) in [6.45, 7) is 4.80. The molecule has 94 valence electrons. The highest BCUT2D eigenvalue weighted by atomic mass is 32.2. The zero-order chi connectivity index (χ0) is 12.7. The number of hydrogen-bond donors (Lipinski definition) is 1. The second kappa shape index (κ2) is 7.35. The summed E-state index contributed by atoms with van der Waals surface area (Å²) < 4.78 is 4.76. The molecule has 0 heterocycles. The molecule has 1 atom stereocenters. The smallest absolute Gasteiger partial charge is 0.323 e. The zero-order valence-electron chi connectivity index (χ0n) is 10.5. The van der Waals surface area contributed by atoms with Gasteiger partial charge in [0.15, 0.2) is 0 Å². The van der Waals surface area contributed by atoms with Crippen molar-refractivity contribution in [3.8, 4) is 0 Å². The van der Waals surface area contributed by atoms with Crippen molar-refractivity contribution in [2.24, 2.45) is 0 Å². The molecule has 0 aromatic heterocycles. The lowest BCUT2D eigenvalue weighted by atomic mass is 10.2. The first-order valence-corrected chi connectivity index (χ1v) is 6.66. The first-order valence-electron chi connectivity index (χ1n) is 5.68. The molecule has 17 heavy (non-hydrogen) atoms. The number of nitrogens with one attached hydrogen (secondary N) is 1. The minimum absolute atomic E-state index is 0.202. The van der Waals surface area contributed by atoms with Gasteiger partial charge in [0.2, 0.25) is 0 Å². The van der Waals surface area contributed by atoms with Gasteiger partial charge in [-0.2, -0.15) is 0 Å². The van der Waals surface area contributed by atoms with E-state index in [1.165, 1.54) is 17.6 Å². The lowest BCUT2D eigenvalue weighted by molar-refractivity contribution is -0.142. The van der Waals surface area contributed by atoms with Crippen LogP contribution in [0.5, 0.6) is 0 Å². The second-order valence-electron chi connectivity index (χ2n) is 3.76. The van der Waals surface area contributed by atoms with Crippen molar-refractivity contribution in [1.29, 1.82) is 0 Å². The number of carbonyl (C=O) groups is 1. The number of carbonyl (C=O) groups excluding carboxylic acids is 1. The van der Waals surface area contributed by atoms with E-state index in [1.807, 2.05) is 6.92 Å². The normalized spacial score (nSPS) is 12.2. The van der Waals surface area contributed by atoms with Crippen LogP contribution < -0.4 is 5.32 Å². The van der Waals surface area contributed by atoms with Crippen LogP contribution in [0.3, 0.4) is 0 Å². The van der Waals surface area contributed by atoms with Crippen LogP contribution >= 0.6 is 11.8 Å². The van der Waals surface area contributed by atoms with Crippen molar-refractivity contribution in [2.75, 3.05) is 19.4 Å². The summed E-state index contributed by atoms with van der Waals surface area (Å²) >= 11 is 1.66. The monoisotopic (exact) mass is 253 g/mol. The second-order valence-corrected chi connectivity index (χ2v) is 4.85. The minimum atomic E-state index is -0.240. The number of likely N-dealkylation sites (N-methyl/N-ethyl adjacent to an activating group) is 1. The average Bonchev–Trinajstić information content (AvgIpc) is 2.35. The van der Waals surface area contributed by atoms with Crippen molar-refractivity contribution >= 4 is 17.7 Å². The number of aryl methyl sites for hydroxylation is 1. The number of methoxy groups -OCH3 is 1. The molecule has 1 unspecified atom stereocenters. The Morgan fingerprint density at radius 1 is 1.41 bits per heavy atom. The van der Waals surface area contributed by atoms with Crippen molar-refractivity contribution in [3.63, 3.8) is 0 Å². The van der Waals surface area contributed by atoms with Gasteiger partial charge in [0.05, 0.1) is 7.11 Å². The van der Waals surface area contributed by atoms with Gasteiger partial charge in [-0.25, -0.2) is 0 Å². The molecule has 4 heteroatoms. The number of benzene rings is 1. The maximum absolute atomic E-state index is 11.5. The zero-order valence-corrected chi connectivity index (χ0v) is 11.3. The molecule has 0 aliphatic rings. The SMILES string of the molecule is CCNC(CSc1ccc(C)cc1)C(=O)OC. The lowest BCUT2D eigenvalue weighted by Crippen LogP contribution is -2.39. The summed E-state index contributed by atoms with van der Waals surface area (Å²) in [5.74, 6) is 0.482. The highest BCUT2D eigenvalue weighted by molar-refractivity contribution is 7.99. The molecule has 0 aliphatic carbocycles. The van der Waals surface area contributed by atoms with Crippen LogP contribution in [-0.4, -0.2) is 31.4 Å². The Labute approximate surface area is 107 Å². The van der Waals surface area contributed by atoms with E-state index in [4.69, 9.17) is 4.74 Å². The Morgan fingerprint density at radius 3 is 2.59 bits per heavy atom. The predicted octanol–water partition coefficient (Wildman–Crippen LogP) is 2.24. The molecule has 0 saturated heterocycles. The number of rotatable bonds is 6. The van der Waals surface area contributed by atoms with Gasteiger partial charge in [-0.1, -0.05) is 24.6 Å². The Kier molecular flexibility index (Phi) is 6.08. The summed E-state index contributed by atoms with van der Waals surface area (Å²) in [4.78, 5) is 12.6. The maximum atomic E-state index is 11.5. The first kappa shape index (κ1) is 14.1. The molecular weight excluding hydrogens is 234 g/mol. The Morgan fingerprint density at radius 2 is 2.06 bits per heavy atom. The summed E-state index contributed by atoms with van der Waals surface area (Å²) in [5.41, 5.74) is 1.24. The van der Waals surface area contributed by atoms with Gasteiger partial charge >= 0.3 is 5.97 Å². The van der Waals surface area contributed by atoms with Gasteiger partial charge in [-0.05, 0) is 25.6 Å². The average molecular weight is 253 g/mol. The third-order valence-electron chi connectivity index (χ3n) is 2.37. The molecule has 1 N–H and O–H groups in total. The van der Waals surface area contributed by atoms with E-state index >= 15 is 0 Å². The van der Waals surface area contributed by atoms with E-state index in [1.54, 1.807) is 11.8 Å². The van der Waals surface area contributed by atoms with E-state index in [-0.39, 0.29) is 12.0 Å². The molecule has 1 aromatic rings. The standard InChI is InChI=1S/C13H19NO2S/c1-4-14-12(13(15)16-3)9-17-11-7-5-10(2)6-8-11/h5-8,12,14H,4,9H2,1-3H3. The highest BCUT2D eigenvalue weighted by Gasteiger charge is 2.17. The molecular formula is C13H19NO2S. The molecule has 0 bridgehead atoms. The first-order chi connectivity index (χ1) is 8.17. The quantitative estimate of drug-likeness (QED) is 0.623. The van der Waals surface area contributed by atoms with Gasteiger partial charge in [-0.3, -0.25) is 4.79 Å². The van der Waals surface area contributed by atoms with E-state index in [0.29, 0.717) is 5.75 Å². The fourth-order valence-electron chi connectivity index (χ4n) is 1.41. The van der Waals surface area contributed by atoms with Crippen molar-refractivity contribution in [1.82, 2.24) is 5.32 Å². The molecule has 0 saturated carbocycles. The summed E-state index contributed by atoms with van der Waals surface area (Å²) in [7, 11) is 1.42. The predicted molar refractivity (Wildman–Crippen MR) is 71.4 cm³/mol. The summed E-state index contributed by atoms with van der Waals surface area (Å²) in [6, 6.07) is 8.04. The van der Waals surface area contributed by atoms with Gasteiger partial charge < -0.3 is 10.1 Å². The topological polar surface area (TPSA) is 38.3 Å². The van der Waals surface area contributed by atoms with Crippen LogP contribution in [0.4, 0.5) is 0 Å². The summed E-state index contributed by atoms with van der Waals surface area (Å²) in [6.07, 6.45) is 0. The molecule has 0 fully saturated rings. The maximum Gasteiger partial charge on any atom is 0.323 e. The van der Waals surface area contributed by atoms with Crippen LogP contribution in [0.25, 0.3) is 0 Å². The van der Waals surface area contributed by atoms with Crippen LogP contribution in [0.2, 0.25) is 0 Å². The molecule has 0 aliphatic heterocycles. The number of hydrogen-bond acceptors (Lipinski definition) is 4. The third kappa shape index (κ3) is 4.79. The molecule has 1 rings (SSSR count). The van der Waals surface area contributed by atoms with Crippen LogP contribution in [0.1, 0.15) is 12.5 Å². The highest BCUT2D eigenvalue weighted by Crippen LogP contribution is 2.19. The van der Waals surface area contributed by atoms with Crippen LogP contribution in [-0.2, 0) is 9.53 Å². The van der Waals surface area contributed by atoms with Gasteiger partial charge in [0.25, 0.3) is 0 Å². The fourth-order valence-corrected chi connectivity index (χ4v) is 2.35. The van der Waals surface area contributed by atoms with Crippen molar-refractivity contribution in [3.05, 3.63) is 29.8 Å². The van der Waals surface area contributed by atoms with Gasteiger partial charge in [0.1, 0.15) is 6.04 Å². The van der Waals surface area contributed by atoms with Gasteiger partial charge in [-0.15, -0.1) is 11.8 Å². The van der Waals surface area contributed by atoms with Crippen LogP contribution in [0, 0.1) is 6.92 Å². The van der Waals surface area contributed by atoms with Crippen LogP contribution in [0.15, 0.2) is 29.2 Å². The van der Waals surface area contributed by atoms with E-state index < -0.39 is 0 Å². The third-order valence-corrected chi connectivity index (χ3v) is 3.48. The molecule has 3 nitrogen and oxygen atoms in total. The molecule has 1 aromatic carbocycles. The Balaban J connectivity index is 2.51. The van der Waals surface area contributed by atoms with Gasteiger partial charge in [0, 0.05) is 10.6 Å². The number of ether oxygens (including phenoxy) is 1. The van der Waals surface area contributed by atoms with Crippen molar-refractivity contribution < 1.29 is 9.53 Å². The largest absolute Gasteiger partial charge is 0.468 e. The van der Waals surface area contributed by atoms with Crippen molar-refractivity contribution in [2.45, 2.75) is 24.8 Å². The van der Waals surface area contributed by atoms with E-state index in [0.717, 1.165) is 6.54 Å². The lowest BCUT2D eigenvalue weighted by Gasteiger charge is -2.14. The minimum Gasteiger partial charge on any atom is -0.468 e. The Bertz CT molecular complexity index is 351. The number of esters is 1.